The minimum atomic E-state index is -0.853. The molecule has 3 N–H and O–H groups in total. The van der Waals surface area contributed by atoms with Gasteiger partial charge in [0.05, 0.1) is 6.42 Å². The molecular formula is C13H15BrFNO3. The van der Waals surface area contributed by atoms with Crippen molar-refractivity contribution >= 4 is 21.9 Å². The molecule has 19 heavy (non-hydrogen) atoms. The normalized spacial score (nSPS) is 16.3. The number of aliphatic carboxylic acids is 1. The van der Waals surface area contributed by atoms with Crippen LogP contribution in [0.1, 0.15) is 24.8 Å². The van der Waals surface area contributed by atoms with Crippen LogP contribution in [-0.2, 0) is 11.3 Å². The summed E-state index contributed by atoms with van der Waals surface area (Å²) in [5, 5.41) is 21.6. The number of halogens is 2. The molecule has 2 rings (SSSR count). The first-order valence-corrected chi connectivity index (χ1v) is 6.88. The fourth-order valence-corrected chi connectivity index (χ4v) is 2.56. The molecule has 0 heterocycles. The first-order chi connectivity index (χ1) is 8.97. The molecule has 1 saturated carbocycles. The van der Waals surface area contributed by atoms with E-state index in [2.05, 4.69) is 21.2 Å². The van der Waals surface area contributed by atoms with E-state index in [4.69, 9.17) is 5.11 Å². The Morgan fingerprint density at radius 1 is 1.53 bits per heavy atom. The van der Waals surface area contributed by atoms with Crippen LogP contribution in [0.2, 0.25) is 0 Å². The van der Waals surface area contributed by atoms with Crippen molar-refractivity contribution < 1.29 is 19.4 Å². The van der Waals surface area contributed by atoms with Crippen LogP contribution in [0.25, 0.3) is 0 Å². The van der Waals surface area contributed by atoms with E-state index in [1.165, 1.54) is 6.07 Å². The Kier molecular flexibility index (Phi) is 4.42. The average molecular weight is 332 g/mol. The lowest BCUT2D eigenvalue weighted by Crippen LogP contribution is -2.33. The van der Waals surface area contributed by atoms with Gasteiger partial charge in [0.1, 0.15) is 0 Å². The average Bonchev–Trinajstić information content (AvgIpc) is 3.13. The fraction of sp³-hybridized carbons (Fsp3) is 0.462. The van der Waals surface area contributed by atoms with Crippen LogP contribution in [0.15, 0.2) is 16.6 Å². The molecule has 0 amide bonds. The van der Waals surface area contributed by atoms with Crippen molar-refractivity contribution in [3.05, 3.63) is 28.0 Å². The van der Waals surface area contributed by atoms with Crippen LogP contribution in [-0.4, -0.2) is 22.2 Å². The van der Waals surface area contributed by atoms with Crippen molar-refractivity contribution in [2.45, 2.75) is 31.8 Å². The Labute approximate surface area is 118 Å². The predicted octanol–water partition coefficient (Wildman–Crippen LogP) is 2.64. The molecule has 1 aromatic rings. The maximum Gasteiger partial charge on any atom is 0.304 e. The highest BCUT2D eigenvalue weighted by atomic mass is 79.9. The summed E-state index contributed by atoms with van der Waals surface area (Å²) in [6.07, 6.45) is 2.08. The van der Waals surface area contributed by atoms with Crippen molar-refractivity contribution in [3.8, 4) is 5.75 Å². The predicted molar refractivity (Wildman–Crippen MR) is 71.4 cm³/mol. The smallest absolute Gasteiger partial charge is 0.304 e. The fourth-order valence-electron chi connectivity index (χ4n) is 2.09. The van der Waals surface area contributed by atoms with Gasteiger partial charge in [0.25, 0.3) is 0 Å². The van der Waals surface area contributed by atoms with Gasteiger partial charge in [0.2, 0.25) is 0 Å². The zero-order valence-corrected chi connectivity index (χ0v) is 11.8. The van der Waals surface area contributed by atoms with Crippen LogP contribution < -0.4 is 5.32 Å². The Bertz CT molecular complexity index is 491. The number of rotatable bonds is 6. The van der Waals surface area contributed by atoms with Crippen molar-refractivity contribution in [2.75, 3.05) is 0 Å². The molecule has 0 unspecified atom stereocenters. The van der Waals surface area contributed by atoms with Crippen molar-refractivity contribution in [1.82, 2.24) is 5.32 Å². The number of hydrogen-bond acceptors (Lipinski definition) is 3. The maximum absolute atomic E-state index is 13.3. The monoisotopic (exact) mass is 331 g/mol. The SMILES string of the molecule is O=C(O)C[C@H](NCc1cc(Br)cc(F)c1O)C1CC1. The summed E-state index contributed by atoms with van der Waals surface area (Å²) in [4.78, 5) is 10.8. The van der Waals surface area contributed by atoms with E-state index >= 15 is 0 Å². The standard InChI is InChI=1S/C13H15BrFNO3/c14-9-3-8(13(19)10(15)4-9)6-16-11(5-12(17)18)7-1-2-7/h3-4,7,11,16,19H,1-2,5-6H2,(H,17,18)/t11-/m0/s1. The third kappa shape index (κ3) is 3.91. The zero-order chi connectivity index (χ0) is 14.0. The number of phenolic OH excluding ortho intramolecular Hbond substituents is 1. The van der Waals surface area contributed by atoms with Crippen LogP contribution in [0.4, 0.5) is 4.39 Å². The summed E-state index contributed by atoms with van der Waals surface area (Å²) in [5.41, 5.74) is 0.419. The van der Waals surface area contributed by atoms with Crippen LogP contribution in [0, 0.1) is 11.7 Å². The molecule has 0 radical (unpaired) electrons. The molecule has 104 valence electrons. The van der Waals surface area contributed by atoms with Gasteiger partial charge < -0.3 is 15.5 Å². The summed E-state index contributed by atoms with van der Waals surface area (Å²) in [7, 11) is 0. The Balaban J connectivity index is 2.02. The first kappa shape index (κ1) is 14.3. The molecule has 0 bridgehead atoms. The largest absolute Gasteiger partial charge is 0.505 e. The number of benzene rings is 1. The Hall–Kier alpha value is -1.14. The van der Waals surface area contributed by atoms with Gasteiger partial charge in [-0.2, -0.15) is 0 Å². The lowest BCUT2D eigenvalue weighted by Gasteiger charge is -2.17. The third-order valence-electron chi connectivity index (χ3n) is 3.25. The van der Waals surface area contributed by atoms with Crippen molar-refractivity contribution in [1.29, 1.82) is 0 Å². The third-order valence-corrected chi connectivity index (χ3v) is 3.71. The lowest BCUT2D eigenvalue weighted by molar-refractivity contribution is -0.137. The number of carboxylic acids is 1. The number of phenols is 1. The second kappa shape index (κ2) is 5.88. The summed E-state index contributed by atoms with van der Waals surface area (Å²) >= 11 is 3.16. The summed E-state index contributed by atoms with van der Waals surface area (Å²) in [6, 6.07) is 2.68. The molecule has 0 aliphatic heterocycles. The Morgan fingerprint density at radius 2 is 2.21 bits per heavy atom. The van der Waals surface area contributed by atoms with Crippen molar-refractivity contribution in [3.63, 3.8) is 0 Å². The summed E-state index contributed by atoms with van der Waals surface area (Å²) in [6.45, 7) is 0.247. The highest BCUT2D eigenvalue weighted by Gasteiger charge is 2.32. The van der Waals surface area contributed by atoms with Crippen molar-refractivity contribution in [2.24, 2.45) is 5.92 Å². The van der Waals surface area contributed by atoms with E-state index < -0.39 is 11.8 Å². The molecule has 1 aromatic carbocycles. The van der Waals surface area contributed by atoms with E-state index in [-0.39, 0.29) is 24.8 Å². The molecule has 0 spiro atoms. The highest BCUT2D eigenvalue weighted by molar-refractivity contribution is 9.10. The van der Waals surface area contributed by atoms with Gasteiger partial charge in [-0.15, -0.1) is 0 Å². The second-order valence-corrected chi connectivity index (χ2v) is 5.73. The highest BCUT2D eigenvalue weighted by Crippen LogP contribution is 2.34. The lowest BCUT2D eigenvalue weighted by atomic mass is 10.1. The van der Waals surface area contributed by atoms with E-state index in [1.54, 1.807) is 6.07 Å². The van der Waals surface area contributed by atoms with Gasteiger partial charge >= 0.3 is 5.97 Å². The van der Waals surface area contributed by atoms with E-state index in [9.17, 15) is 14.3 Å². The van der Waals surface area contributed by atoms with Gasteiger partial charge in [0, 0.05) is 22.6 Å². The summed E-state index contributed by atoms with van der Waals surface area (Å²) in [5.74, 6) is -1.56. The number of aromatic hydroxyl groups is 1. The van der Waals surface area contributed by atoms with Crippen LogP contribution >= 0.6 is 15.9 Å². The molecule has 1 fully saturated rings. The minimum absolute atomic E-state index is 0.0436. The molecular weight excluding hydrogens is 317 g/mol. The molecule has 0 aromatic heterocycles. The number of nitrogens with one attached hydrogen (secondary N) is 1. The van der Waals surface area contributed by atoms with E-state index in [0.29, 0.717) is 16.0 Å². The van der Waals surface area contributed by atoms with E-state index in [0.717, 1.165) is 12.8 Å². The Morgan fingerprint density at radius 3 is 2.79 bits per heavy atom. The van der Waals surface area contributed by atoms with Gasteiger partial charge in [-0.25, -0.2) is 4.39 Å². The van der Waals surface area contributed by atoms with Gasteiger partial charge in [-0.3, -0.25) is 4.79 Å². The minimum Gasteiger partial charge on any atom is -0.505 e. The molecule has 1 aliphatic rings. The number of hydrogen-bond donors (Lipinski definition) is 3. The van der Waals surface area contributed by atoms with E-state index in [1.807, 2.05) is 0 Å². The van der Waals surface area contributed by atoms with Gasteiger partial charge in [-0.05, 0) is 30.9 Å². The molecule has 0 saturated heterocycles. The molecule has 6 heteroatoms. The van der Waals surface area contributed by atoms with Crippen LogP contribution in [0.5, 0.6) is 5.75 Å². The zero-order valence-electron chi connectivity index (χ0n) is 10.2. The topological polar surface area (TPSA) is 69.6 Å². The first-order valence-electron chi connectivity index (χ1n) is 6.09. The second-order valence-electron chi connectivity index (χ2n) is 4.82. The number of carbonyl (C=O) groups is 1. The van der Waals surface area contributed by atoms with Crippen LogP contribution in [0.3, 0.4) is 0 Å². The molecule has 1 atom stereocenters. The quantitative estimate of drug-likeness (QED) is 0.749. The number of carboxylic acid groups (broad SMARTS) is 1. The molecule has 4 nitrogen and oxygen atoms in total. The molecule has 1 aliphatic carbocycles. The van der Waals surface area contributed by atoms with Gasteiger partial charge in [-0.1, -0.05) is 15.9 Å². The summed E-state index contributed by atoms with van der Waals surface area (Å²) < 4.78 is 13.9. The van der Waals surface area contributed by atoms with Gasteiger partial charge in [0.15, 0.2) is 11.6 Å². The maximum atomic E-state index is 13.3.